The van der Waals surface area contributed by atoms with Gasteiger partial charge in [-0.3, -0.25) is 10.00 Å². The maximum Gasteiger partial charge on any atom is 0.111 e. The van der Waals surface area contributed by atoms with Gasteiger partial charge in [0.25, 0.3) is 0 Å². The Bertz CT molecular complexity index is 346. The van der Waals surface area contributed by atoms with Gasteiger partial charge in [-0.25, -0.2) is 0 Å². The van der Waals surface area contributed by atoms with Crippen LogP contribution < -0.4 is 5.32 Å². The van der Waals surface area contributed by atoms with Gasteiger partial charge in [0.15, 0.2) is 0 Å². The maximum atomic E-state index is 5.51. The van der Waals surface area contributed by atoms with Crippen molar-refractivity contribution in [1.29, 1.82) is 0 Å². The van der Waals surface area contributed by atoms with Gasteiger partial charge >= 0.3 is 0 Å². The lowest BCUT2D eigenvalue weighted by molar-refractivity contribution is 0.558. The number of aromatic nitrogens is 2. The zero-order valence-corrected chi connectivity index (χ0v) is 9.75. The van der Waals surface area contributed by atoms with E-state index in [1.165, 1.54) is 0 Å². The summed E-state index contributed by atoms with van der Waals surface area (Å²) in [4.78, 5) is 0. The molecule has 1 aromatic heterocycles. The van der Waals surface area contributed by atoms with E-state index in [2.05, 4.69) is 43.2 Å². The van der Waals surface area contributed by atoms with Gasteiger partial charge in [0, 0.05) is 6.54 Å². The van der Waals surface area contributed by atoms with Gasteiger partial charge in [0.05, 0.1) is 11.4 Å². The van der Waals surface area contributed by atoms with Crippen molar-refractivity contribution < 1.29 is 0 Å². The van der Waals surface area contributed by atoms with Gasteiger partial charge in [-0.05, 0) is 26.0 Å². The first-order valence-electron chi connectivity index (χ1n) is 5.52. The lowest BCUT2D eigenvalue weighted by Crippen LogP contribution is -2.22. The summed E-state index contributed by atoms with van der Waals surface area (Å²) in [5, 5.41) is 7.74. The summed E-state index contributed by atoms with van der Waals surface area (Å²) in [5.41, 5.74) is 2.20. The van der Waals surface area contributed by atoms with Crippen molar-refractivity contribution in [2.24, 2.45) is 0 Å². The van der Waals surface area contributed by atoms with Crippen molar-refractivity contribution in [3.63, 3.8) is 0 Å². The third-order valence-electron chi connectivity index (χ3n) is 2.39. The summed E-state index contributed by atoms with van der Waals surface area (Å²) >= 11 is 0. The monoisotopic (exact) mass is 205 g/mol. The van der Waals surface area contributed by atoms with E-state index in [9.17, 15) is 0 Å². The summed E-state index contributed by atoms with van der Waals surface area (Å²) in [7, 11) is 0. The number of rotatable bonds is 5. The summed E-state index contributed by atoms with van der Waals surface area (Å²) in [6, 6.07) is 2.07. The molecule has 1 atom stereocenters. The molecule has 0 radical (unpaired) electrons. The largest absolute Gasteiger partial charge is 0.299 e. The second-order valence-electron chi connectivity index (χ2n) is 3.39. The molecular weight excluding hydrogens is 186 g/mol. The van der Waals surface area contributed by atoms with E-state index < -0.39 is 0 Å². The minimum atomic E-state index is -0.0252. The van der Waals surface area contributed by atoms with Crippen LogP contribution in [0.2, 0.25) is 0 Å². The first-order valence-corrected chi connectivity index (χ1v) is 5.52. The molecule has 3 heteroatoms. The number of nitrogens with zero attached hydrogens (tertiary/aromatic N) is 2. The standard InChI is InChI=1S/C12H19N3/c1-5-10-9-12(15(8-4)14-10)11(6-2)13-7-3/h2,9,11,13H,5,7-8H2,1,3-4H3. The van der Waals surface area contributed by atoms with Crippen molar-refractivity contribution in [2.45, 2.75) is 39.8 Å². The molecule has 0 bridgehead atoms. The zero-order valence-electron chi connectivity index (χ0n) is 9.75. The lowest BCUT2D eigenvalue weighted by Gasteiger charge is -2.12. The Kier molecular flexibility index (Phi) is 4.38. The Balaban J connectivity index is 2.99. The van der Waals surface area contributed by atoms with Crippen molar-refractivity contribution in [2.75, 3.05) is 6.54 Å². The maximum absolute atomic E-state index is 5.51. The van der Waals surface area contributed by atoms with E-state index >= 15 is 0 Å². The van der Waals surface area contributed by atoms with Crippen LogP contribution in [0.1, 0.15) is 38.2 Å². The molecule has 82 valence electrons. The molecule has 0 aliphatic rings. The molecule has 15 heavy (non-hydrogen) atoms. The Labute approximate surface area is 91.9 Å². The van der Waals surface area contributed by atoms with Crippen LogP contribution in [0, 0.1) is 12.3 Å². The molecule has 1 aromatic rings. The molecule has 3 nitrogen and oxygen atoms in total. The highest BCUT2D eigenvalue weighted by atomic mass is 15.3. The normalized spacial score (nSPS) is 12.4. The Morgan fingerprint density at radius 2 is 2.27 bits per heavy atom. The molecule has 1 heterocycles. The average Bonchev–Trinajstić information content (AvgIpc) is 2.68. The van der Waals surface area contributed by atoms with E-state index in [1.807, 2.05) is 4.68 Å². The molecule has 0 saturated carbocycles. The molecule has 0 amide bonds. The first kappa shape index (κ1) is 11.8. The Hall–Kier alpha value is -1.27. The number of terminal acetylenes is 1. The van der Waals surface area contributed by atoms with E-state index in [0.29, 0.717) is 0 Å². The molecule has 0 spiro atoms. The number of hydrogen-bond donors (Lipinski definition) is 1. The number of nitrogens with one attached hydrogen (secondary N) is 1. The van der Waals surface area contributed by atoms with E-state index in [4.69, 9.17) is 6.42 Å². The molecule has 0 fully saturated rings. The van der Waals surface area contributed by atoms with Crippen LogP contribution in [-0.2, 0) is 13.0 Å². The highest BCUT2D eigenvalue weighted by Crippen LogP contribution is 2.14. The fraction of sp³-hybridized carbons (Fsp3) is 0.583. The van der Waals surface area contributed by atoms with Gasteiger partial charge in [0.1, 0.15) is 6.04 Å². The summed E-state index contributed by atoms with van der Waals surface area (Å²) in [5.74, 6) is 2.76. The van der Waals surface area contributed by atoms with E-state index in [1.54, 1.807) is 0 Å². The fourth-order valence-electron chi connectivity index (χ4n) is 1.60. The third-order valence-corrected chi connectivity index (χ3v) is 2.39. The molecule has 1 N–H and O–H groups in total. The van der Waals surface area contributed by atoms with Crippen LogP contribution in [-0.4, -0.2) is 16.3 Å². The zero-order chi connectivity index (χ0) is 11.3. The van der Waals surface area contributed by atoms with E-state index in [0.717, 1.165) is 30.9 Å². The number of hydrogen-bond acceptors (Lipinski definition) is 2. The van der Waals surface area contributed by atoms with Crippen molar-refractivity contribution in [3.05, 3.63) is 17.5 Å². The topological polar surface area (TPSA) is 29.9 Å². The number of aryl methyl sites for hydroxylation is 2. The third kappa shape index (κ3) is 2.60. The lowest BCUT2D eigenvalue weighted by atomic mass is 10.2. The molecule has 0 aromatic carbocycles. The fourth-order valence-corrected chi connectivity index (χ4v) is 1.60. The molecule has 0 saturated heterocycles. The van der Waals surface area contributed by atoms with Crippen molar-refractivity contribution >= 4 is 0 Å². The van der Waals surface area contributed by atoms with Gasteiger partial charge in [-0.15, -0.1) is 6.42 Å². The smallest absolute Gasteiger partial charge is 0.111 e. The Morgan fingerprint density at radius 3 is 2.73 bits per heavy atom. The molecule has 0 aliphatic heterocycles. The van der Waals surface area contributed by atoms with Crippen LogP contribution in [0.5, 0.6) is 0 Å². The molecule has 0 aliphatic carbocycles. The predicted octanol–water partition coefficient (Wildman–Crippen LogP) is 1.75. The SMILES string of the molecule is C#CC(NCC)c1cc(CC)nn1CC. The highest BCUT2D eigenvalue weighted by molar-refractivity contribution is 5.21. The average molecular weight is 205 g/mol. The second kappa shape index (κ2) is 5.57. The second-order valence-corrected chi connectivity index (χ2v) is 3.39. The molecular formula is C12H19N3. The Morgan fingerprint density at radius 1 is 1.53 bits per heavy atom. The van der Waals surface area contributed by atoms with Crippen LogP contribution in [0.3, 0.4) is 0 Å². The first-order chi connectivity index (χ1) is 7.26. The van der Waals surface area contributed by atoms with Gasteiger partial charge in [-0.2, -0.15) is 5.10 Å². The van der Waals surface area contributed by atoms with Gasteiger partial charge in [-0.1, -0.05) is 19.8 Å². The van der Waals surface area contributed by atoms with Gasteiger partial charge in [0.2, 0.25) is 0 Å². The van der Waals surface area contributed by atoms with Crippen molar-refractivity contribution in [3.8, 4) is 12.3 Å². The van der Waals surface area contributed by atoms with Crippen LogP contribution in [0.4, 0.5) is 0 Å². The van der Waals surface area contributed by atoms with Crippen molar-refractivity contribution in [1.82, 2.24) is 15.1 Å². The van der Waals surface area contributed by atoms with E-state index in [-0.39, 0.29) is 6.04 Å². The van der Waals surface area contributed by atoms with Crippen LogP contribution in [0.15, 0.2) is 6.07 Å². The minimum absolute atomic E-state index is 0.0252. The van der Waals surface area contributed by atoms with Crippen LogP contribution in [0.25, 0.3) is 0 Å². The molecule has 1 rings (SSSR count). The summed E-state index contributed by atoms with van der Waals surface area (Å²) < 4.78 is 1.98. The summed E-state index contributed by atoms with van der Waals surface area (Å²) in [6.45, 7) is 7.96. The quantitative estimate of drug-likeness (QED) is 0.742. The minimum Gasteiger partial charge on any atom is -0.299 e. The summed E-state index contributed by atoms with van der Waals surface area (Å²) in [6.07, 6.45) is 6.46. The highest BCUT2D eigenvalue weighted by Gasteiger charge is 2.13. The predicted molar refractivity (Wildman–Crippen MR) is 62.5 cm³/mol. The molecule has 1 unspecified atom stereocenters. The van der Waals surface area contributed by atoms with Crippen LogP contribution >= 0.6 is 0 Å². The van der Waals surface area contributed by atoms with Gasteiger partial charge < -0.3 is 0 Å².